The molecule has 7 nitrogen and oxygen atoms in total. The van der Waals surface area contributed by atoms with Crippen LogP contribution in [0.5, 0.6) is 0 Å². The second-order valence-electron chi connectivity index (χ2n) is 8.72. The Bertz CT molecular complexity index is 1180. The molecule has 176 valence electrons. The number of hydrogen-bond acceptors (Lipinski definition) is 6. The first kappa shape index (κ1) is 22.3. The topological polar surface area (TPSA) is 72.9 Å². The molecule has 4 heterocycles. The third kappa shape index (κ3) is 5.16. The molecule has 0 aliphatic carbocycles. The van der Waals surface area contributed by atoms with Crippen LogP contribution in [0.25, 0.3) is 22.9 Å². The van der Waals surface area contributed by atoms with Gasteiger partial charge in [-0.25, -0.2) is 14.4 Å². The maximum absolute atomic E-state index is 15.1. The Morgan fingerprint density at radius 2 is 1.76 bits per heavy atom. The lowest BCUT2D eigenvalue weighted by molar-refractivity contribution is 0.283. The van der Waals surface area contributed by atoms with Crippen LogP contribution >= 0.6 is 0 Å². The van der Waals surface area contributed by atoms with Crippen molar-refractivity contribution in [2.24, 2.45) is 0 Å². The summed E-state index contributed by atoms with van der Waals surface area (Å²) in [5, 5.41) is 8.89. The van der Waals surface area contributed by atoms with Crippen LogP contribution in [0.2, 0.25) is 0 Å². The number of benzene rings is 1. The first-order valence-electron chi connectivity index (χ1n) is 12.0. The van der Waals surface area contributed by atoms with E-state index in [2.05, 4.69) is 22.3 Å². The highest BCUT2D eigenvalue weighted by Crippen LogP contribution is 2.27. The highest BCUT2D eigenvalue weighted by Gasteiger charge is 2.22. The van der Waals surface area contributed by atoms with Crippen molar-refractivity contribution in [2.45, 2.75) is 57.8 Å². The summed E-state index contributed by atoms with van der Waals surface area (Å²) in [5.74, 6) is 1.08. The Balaban J connectivity index is 1.46. The molecular weight excluding hydrogens is 431 g/mol. The molecule has 1 fully saturated rings. The molecule has 1 unspecified atom stereocenters. The summed E-state index contributed by atoms with van der Waals surface area (Å²) in [5.41, 5.74) is 3.23. The summed E-state index contributed by atoms with van der Waals surface area (Å²) in [7, 11) is 0. The molecule has 1 aliphatic heterocycles. The summed E-state index contributed by atoms with van der Waals surface area (Å²) in [6.07, 6.45) is 9.20. The van der Waals surface area contributed by atoms with Crippen LogP contribution in [-0.2, 0) is 6.54 Å². The van der Waals surface area contributed by atoms with Crippen LogP contribution in [-0.4, -0.2) is 37.7 Å². The monoisotopic (exact) mass is 460 g/mol. The van der Waals surface area contributed by atoms with E-state index in [9.17, 15) is 0 Å². The molecule has 0 radical (unpaired) electrons. The van der Waals surface area contributed by atoms with Gasteiger partial charge in [-0.3, -0.25) is 4.68 Å². The average molecular weight is 461 g/mol. The molecule has 3 aromatic heterocycles. The number of aromatic nitrogens is 5. The van der Waals surface area contributed by atoms with Crippen molar-refractivity contribution in [3.8, 4) is 22.9 Å². The molecule has 1 aliphatic rings. The number of anilines is 1. The van der Waals surface area contributed by atoms with Crippen molar-refractivity contribution in [1.82, 2.24) is 24.9 Å². The largest absolute Gasteiger partial charge is 0.364 e. The lowest BCUT2D eigenvalue weighted by atomic mass is 10.1. The Hall–Kier alpha value is -3.55. The number of halogens is 1. The van der Waals surface area contributed by atoms with E-state index in [0.717, 1.165) is 36.9 Å². The van der Waals surface area contributed by atoms with Gasteiger partial charge in [0.15, 0.2) is 12.1 Å². The van der Waals surface area contributed by atoms with E-state index in [1.54, 1.807) is 29.5 Å². The zero-order valence-corrected chi connectivity index (χ0v) is 19.2. The quantitative estimate of drug-likeness (QED) is 0.346. The zero-order valence-electron chi connectivity index (χ0n) is 19.2. The molecule has 0 N–H and O–H groups in total. The smallest absolute Gasteiger partial charge is 0.182 e. The van der Waals surface area contributed by atoms with Gasteiger partial charge in [-0.2, -0.15) is 5.10 Å². The highest BCUT2D eigenvalue weighted by atomic mass is 19.1. The Labute approximate surface area is 198 Å². The van der Waals surface area contributed by atoms with Gasteiger partial charge in [-0.1, -0.05) is 61.2 Å². The molecule has 0 saturated carbocycles. The molecule has 0 spiro atoms. The maximum atomic E-state index is 15.1. The van der Waals surface area contributed by atoms with Gasteiger partial charge in [0.05, 0.1) is 12.2 Å². The normalized spacial score (nSPS) is 17.6. The van der Waals surface area contributed by atoms with Crippen molar-refractivity contribution in [2.75, 3.05) is 11.4 Å². The van der Waals surface area contributed by atoms with Crippen LogP contribution < -0.4 is 4.90 Å². The maximum Gasteiger partial charge on any atom is 0.182 e. The molecule has 1 atom stereocenters. The molecule has 34 heavy (non-hydrogen) atoms. The van der Waals surface area contributed by atoms with Crippen molar-refractivity contribution in [1.29, 1.82) is 0 Å². The minimum absolute atomic E-state index is 0.471. The van der Waals surface area contributed by atoms with Crippen LogP contribution in [0.15, 0.2) is 65.5 Å². The average Bonchev–Trinajstić information content (AvgIpc) is 3.54. The standard InChI is InChI=1S/C26H29FN6O/c27-24-12-8-3-1-2-4-9-16-32(24)25-13-15-28-26(29-25)22-18-23(21-14-17-34-31-21)33(30-22)19-20-10-6-5-7-11-20/h5-7,10-11,13-15,17-18,24H,1-4,8-9,12,16,19H2. The highest BCUT2D eigenvalue weighted by molar-refractivity contribution is 5.63. The predicted octanol–water partition coefficient (Wildman–Crippen LogP) is 5.89. The second kappa shape index (κ2) is 10.6. The minimum atomic E-state index is -1.04. The SMILES string of the molecule is FC1CCCCCCCCN1c1ccnc(-c2cc(-c3ccon3)n(Cc3ccccc3)n2)n1. The predicted molar refractivity (Wildman–Crippen MR) is 129 cm³/mol. The van der Waals surface area contributed by atoms with E-state index >= 15 is 4.39 Å². The van der Waals surface area contributed by atoms with E-state index in [1.165, 1.54) is 12.8 Å². The van der Waals surface area contributed by atoms with Gasteiger partial charge < -0.3 is 9.42 Å². The molecule has 5 rings (SSSR count). The molecule has 1 saturated heterocycles. The van der Waals surface area contributed by atoms with Gasteiger partial charge in [0, 0.05) is 18.8 Å². The van der Waals surface area contributed by atoms with E-state index in [4.69, 9.17) is 14.6 Å². The summed E-state index contributed by atoms with van der Waals surface area (Å²) >= 11 is 0. The van der Waals surface area contributed by atoms with Crippen LogP contribution in [0.4, 0.5) is 10.2 Å². The summed E-state index contributed by atoms with van der Waals surface area (Å²) in [6.45, 7) is 1.23. The second-order valence-corrected chi connectivity index (χ2v) is 8.72. The van der Waals surface area contributed by atoms with E-state index in [0.29, 0.717) is 42.5 Å². The first-order valence-corrected chi connectivity index (χ1v) is 12.0. The van der Waals surface area contributed by atoms with Gasteiger partial charge in [0.1, 0.15) is 23.5 Å². The van der Waals surface area contributed by atoms with Gasteiger partial charge >= 0.3 is 0 Å². The fourth-order valence-electron chi connectivity index (χ4n) is 4.44. The van der Waals surface area contributed by atoms with Gasteiger partial charge in [-0.05, 0) is 37.0 Å². The zero-order chi connectivity index (χ0) is 23.2. The Kier molecular flexibility index (Phi) is 6.93. The Morgan fingerprint density at radius 1 is 0.941 bits per heavy atom. The third-order valence-electron chi connectivity index (χ3n) is 6.25. The van der Waals surface area contributed by atoms with Crippen molar-refractivity contribution in [3.05, 3.63) is 66.6 Å². The van der Waals surface area contributed by atoms with Crippen molar-refractivity contribution < 1.29 is 8.91 Å². The molecule has 0 amide bonds. The number of alkyl halides is 1. The van der Waals surface area contributed by atoms with Crippen molar-refractivity contribution in [3.63, 3.8) is 0 Å². The lowest BCUT2D eigenvalue weighted by Crippen LogP contribution is -2.34. The van der Waals surface area contributed by atoms with E-state index < -0.39 is 6.30 Å². The number of nitrogens with zero attached hydrogens (tertiary/aromatic N) is 6. The molecule has 0 bridgehead atoms. The van der Waals surface area contributed by atoms with Gasteiger partial charge in [0.2, 0.25) is 0 Å². The fourth-order valence-corrected chi connectivity index (χ4v) is 4.44. The molecule has 4 aromatic rings. The molecular formula is C26H29FN6O. The fraction of sp³-hybridized carbons (Fsp3) is 0.385. The van der Waals surface area contributed by atoms with Crippen LogP contribution in [0.3, 0.4) is 0 Å². The minimum Gasteiger partial charge on any atom is -0.364 e. The van der Waals surface area contributed by atoms with E-state index in [-0.39, 0.29) is 0 Å². The third-order valence-corrected chi connectivity index (χ3v) is 6.25. The summed E-state index contributed by atoms with van der Waals surface area (Å²) in [4.78, 5) is 11.0. The Morgan fingerprint density at radius 3 is 2.59 bits per heavy atom. The summed E-state index contributed by atoms with van der Waals surface area (Å²) in [6, 6.07) is 15.6. The van der Waals surface area contributed by atoms with Gasteiger partial charge in [-0.15, -0.1) is 0 Å². The van der Waals surface area contributed by atoms with Crippen molar-refractivity contribution >= 4 is 5.82 Å². The number of hydrogen-bond donors (Lipinski definition) is 0. The first-order chi connectivity index (χ1) is 16.8. The van der Waals surface area contributed by atoms with E-state index in [1.807, 2.05) is 28.9 Å². The summed E-state index contributed by atoms with van der Waals surface area (Å²) < 4.78 is 22.1. The lowest BCUT2D eigenvalue weighted by Gasteiger charge is -2.28. The number of rotatable bonds is 5. The van der Waals surface area contributed by atoms with Crippen LogP contribution in [0, 0.1) is 0 Å². The van der Waals surface area contributed by atoms with Crippen LogP contribution in [0.1, 0.15) is 50.5 Å². The molecule has 8 heteroatoms. The van der Waals surface area contributed by atoms with Gasteiger partial charge in [0.25, 0.3) is 0 Å². The molecule has 1 aromatic carbocycles.